The summed E-state index contributed by atoms with van der Waals surface area (Å²) in [5.74, 6) is 1.64. The van der Waals surface area contributed by atoms with Crippen molar-refractivity contribution in [2.75, 3.05) is 13.3 Å². The molecule has 116 valence electrons. The van der Waals surface area contributed by atoms with Gasteiger partial charge in [-0.1, -0.05) is 12.1 Å². The van der Waals surface area contributed by atoms with Gasteiger partial charge in [0.25, 0.3) is 0 Å². The van der Waals surface area contributed by atoms with E-state index >= 15 is 0 Å². The number of rotatable bonds is 3. The molecule has 5 nitrogen and oxygen atoms in total. The van der Waals surface area contributed by atoms with Crippen molar-refractivity contribution in [2.24, 2.45) is 0 Å². The molecule has 2 heterocycles. The summed E-state index contributed by atoms with van der Waals surface area (Å²) >= 11 is 0. The van der Waals surface area contributed by atoms with Gasteiger partial charge in [-0.15, -0.1) is 0 Å². The van der Waals surface area contributed by atoms with Crippen LogP contribution in [-0.4, -0.2) is 34.9 Å². The number of piperidine rings is 1. The molecule has 22 heavy (non-hydrogen) atoms. The molecule has 1 unspecified atom stereocenters. The van der Waals surface area contributed by atoms with Crippen LogP contribution in [0.25, 0.3) is 0 Å². The van der Waals surface area contributed by atoms with E-state index in [1.807, 2.05) is 24.3 Å². The third-order valence-corrected chi connectivity index (χ3v) is 4.78. The van der Waals surface area contributed by atoms with Crippen LogP contribution < -0.4 is 9.47 Å². The Balaban J connectivity index is 1.49. The molecule has 1 aliphatic carbocycles. The molecule has 3 aliphatic rings. The average Bonchev–Trinajstić information content (AvgIpc) is 3.12. The first-order chi connectivity index (χ1) is 10.7. The van der Waals surface area contributed by atoms with Crippen LogP contribution >= 0.6 is 0 Å². The fourth-order valence-corrected chi connectivity index (χ4v) is 3.55. The maximum absolute atomic E-state index is 12.2. The zero-order valence-electron chi connectivity index (χ0n) is 12.4. The first kappa shape index (κ1) is 13.6. The van der Waals surface area contributed by atoms with Gasteiger partial charge in [0, 0.05) is 18.7 Å². The molecule has 1 atom stereocenters. The molecule has 0 saturated carbocycles. The van der Waals surface area contributed by atoms with E-state index in [-0.39, 0.29) is 12.7 Å². The molecule has 1 saturated heterocycles. The summed E-state index contributed by atoms with van der Waals surface area (Å²) < 4.78 is 10.7. The SMILES string of the molecule is O=C1CCC2(O)CCC=C2N1CCc1ccc2c(c1)OCO2. The summed E-state index contributed by atoms with van der Waals surface area (Å²) in [6.45, 7) is 0.857. The smallest absolute Gasteiger partial charge is 0.231 e. The molecule has 1 N–H and O–H groups in total. The lowest BCUT2D eigenvalue weighted by molar-refractivity contribution is -0.136. The molecule has 2 aliphatic heterocycles. The van der Waals surface area contributed by atoms with Gasteiger partial charge in [0.15, 0.2) is 11.5 Å². The number of amides is 1. The van der Waals surface area contributed by atoms with Crippen LogP contribution in [0, 0.1) is 0 Å². The van der Waals surface area contributed by atoms with Gasteiger partial charge in [-0.3, -0.25) is 4.79 Å². The first-order valence-electron chi connectivity index (χ1n) is 7.78. The van der Waals surface area contributed by atoms with E-state index in [4.69, 9.17) is 9.47 Å². The zero-order valence-corrected chi connectivity index (χ0v) is 12.4. The molecule has 0 aromatic heterocycles. The van der Waals surface area contributed by atoms with E-state index in [0.717, 1.165) is 42.0 Å². The van der Waals surface area contributed by atoms with Gasteiger partial charge >= 0.3 is 0 Å². The third-order valence-electron chi connectivity index (χ3n) is 4.78. The number of nitrogens with zero attached hydrogens (tertiary/aromatic N) is 1. The topological polar surface area (TPSA) is 59.0 Å². The molecule has 0 bridgehead atoms. The van der Waals surface area contributed by atoms with Crippen molar-refractivity contribution >= 4 is 5.91 Å². The van der Waals surface area contributed by atoms with Crippen LogP contribution in [0.15, 0.2) is 30.0 Å². The van der Waals surface area contributed by atoms with Gasteiger partial charge in [0.05, 0.1) is 0 Å². The largest absolute Gasteiger partial charge is 0.454 e. The Kier molecular flexibility index (Phi) is 3.11. The number of allylic oxidation sites excluding steroid dienone is 1. The van der Waals surface area contributed by atoms with Crippen molar-refractivity contribution in [1.29, 1.82) is 0 Å². The number of hydrogen-bond donors (Lipinski definition) is 1. The van der Waals surface area contributed by atoms with Crippen molar-refractivity contribution in [1.82, 2.24) is 4.90 Å². The van der Waals surface area contributed by atoms with E-state index in [9.17, 15) is 9.90 Å². The number of carbonyl (C=O) groups is 1. The lowest BCUT2D eigenvalue weighted by atomic mass is 9.89. The van der Waals surface area contributed by atoms with E-state index < -0.39 is 5.60 Å². The summed E-state index contributed by atoms with van der Waals surface area (Å²) in [6.07, 6.45) is 5.30. The van der Waals surface area contributed by atoms with Crippen LogP contribution in [0.5, 0.6) is 11.5 Å². The van der Waals surface area contributed by atoms with E-state index in [2.05, 4.69) is 0 Å². The zero-order chi connectivity index (χ0) is 15.2. The molecule has 5 heteroatoms. The van der Waals surface area contributed by atoms with Gasteiger partial charge in [-0.05, 0) is 43.4 Å². The molecule has 1 aromatic rings. The number of aliphatic hydroxyl groups is 1. The fraction of sp³-hybridized carbons (Fsp3) is 0.471. The lowest BCUT2D eigenvalue weighted by Crippen LogP contribution is -2.47. The highest BCUT2D eigenvalue weighted by Gasteiger charge is 2.43. The molecular formula is C17H19NO4. The predicted octanol–water partition coefficient (Wildman–Crippen LogP) is 1.99. The Hall–Kier alpha value is -2.01. The summed E-state index contributed by atoms with van der Waals surface area (Å²) in [7, 11) is 0. The second kappa shape index (κ2) is 5.02. The molecule has 1 aromatic carbocycles. The Morgan fingerprint density at radius 3 is 3.00 bits per heavy atom. The van der Waals surface area contributed by atoms with E-state index in [1.54, 1.807) is 4.90 Å². The second-order valence-corrected chi connectivity index (χ2v) is 6.14. The minimum absolute atomic E-state index is 0.110. The molecule has 0 radical (unpaired) electrons. The van der Waals surface area contributed by atoms with Crippen molar-refractivity contribution in [3.63, 3.8) is 0 Å². The van der Waals surface area contributed by atoms with Gasteiger partial charge in [-0.25, -0.2) is 0 Å². The third kappa shape index (κ3) is 2.16. The standard InChI is InChI=1S/C17H19NO4/c19-16-5-8-17(20)7-1-2-15(17)18(16)9-6-12-3-4-13-14(10-12)22-11-21-13/h2-4,10,20H,1,5-9,11H2. The van der Waals surface area contributed by atoms with Gasteiger partial charge in [-0.2, -0.15) is 0 Å². The number of ether oxygens (including phenoxy) is 2. The molecule has 0 spiro atoms. The summed E-state index contributed by atoms with van der Waals surface area (Å²) in [5, 5.41) is 10.6. The van der Waals surface area contributed by atoms with E-state index in [0.29, 0.717) is 19.4 Å². The normalized spacial score (nSPS) is 26.1. The lowest BCUT2D eigenvalue weighted by Gasteiger charge is -2.39. The molecule has 1 fully saturated rings. The summed E-state index contributed by atoms with van der Waals surface area (Å²) in [6, 6.07) is 5.87. The number of carbonyl (C=O) groups excluding carboxylic acids is 1. The van der Waals surface area contributed by atoms with Crippen molar-refractivity contribution in [3.8, 4) is 11.5 Å². The van der Waals surface area contributed by atoms with Crippen LogP contribution in [0.4, 0.5) is 0 Å². The Bertz CT molecular complexity index is 654. The predicted molar refractivity (Wildman–Crippen MR) is 79.5 cm³/mol. The molecular weight excluding hydrogens is 282 g/mol. The highest BCUT2D eigenvalue weighted by molar-refractivity contribution is 5.80. The van der Waals surface area contributed by atoms with Crippen molar-refractivity contribution < 1.29 is 19.4 Å². The molecule has 1 amide bonds. The quantitative estimate of drug-likeness (QED) is 0.927. The second-order valence-electron chi connectivity index (χ2n) is 6.14. The maximum atomic E-state index is 12.2. The average molecular weight is 301 g/mol. The number of likely N-dealkylation sites (tertiary alicyclic amines) is 1. The summed E-state index contributed by atoms with van der Waals surface area (Å²) in [4.78, 5) is 14.0. The fourth-order valence-electron chi connectivity index (χ4n) is 3.55. The number of fused-ring (bicyclic) bond motifs is 2. The minimum atomic E-state index is -0.789. The van der Waals surface area contributed by atoms with Crippen molar-refractivity contribution in [3.05, 3.63) is 35.5 Å². The maximum Gasteiger partial charge on any atom is 0.231 e. The monoisotopic (exact) mass is 301 g/mol. The highest BCUT2D eigenvalue weighted by atomic mass is 16.7. The first-order valence-corrected chi connectivity index (χ1v) is 7.78. The van der Waals surface area contributed by atoms with Crippen molar-refractivity contribution in [2.45, 2.75) is 37.7 Å². The van der Waals surface area contributed by atoms with Crippen LogP contribution in [0.1, 0.15) is 31.2 Å². The Labute approximate surface area is 129 Å². The van der Waals surface area contributed by atoms with Gasteiger partial charge in [0.2, 0.25) is 12.7 Å². The molecule has 4 rings (SSSR count). The van der Waals surface area contributed by atoms with Crippen LogP contribution in [0.3, 0.4) is 0 Å². The van der Waals surface area contributed by atoms with Gasteiger partial charge < -0.3 is 19.5 Å². The van der Waals surface area contributed by atoms with Gasteiger partial charge in [0.1, 0.15) is 5.60 Å². The Morgan fingerprint density at radius 1 is 1.23 bits per heavy atom. The number of hydrogen-bond acceptors (Lipinski definition) is 4. The minimum Gasteiger partial charge on any atom is -0.454 e. The summed E-state index contributed by atoms with van der Waals surface area (Å²) in [5.41, 5.74) is 1.12. The number of benzene rings is 1. The highest BCUT2D eigenvalue weighted by Crippen LogP contribution is 2.40. The van der Waals surface area contributed by atoms with Crippen LogP contribution in [0.2, 0.25) is 0 Å². The Morgan fingerprint density at radius 2 is 2.09 bits per heavy atom. The van der Waals surface area contributed by atoms with Crippen LogP contribution in [-0.2, 0) is 11.2 Å². The van der Waals surface area contributed by atoms with E-state index in [1.165, 1.54) is 0 Å².